The van der Waals surface area contributed by atoms with Gasteiger partial charge in [0, 0.05) is 42.5 Å². The van der Waals surface area contributed by atoms with Gasteiger partial charge in [-0.2, -0.15) is 26.0 Å². The summed E-state index contributed by atoms with van der Waals surface area (Å²) in [4.78, 5) is 47.9. The van der Waals surface area contributed by atoms with Crippen LogP contribution in [0.1, 0.15) is 54.1 Å². The molecule has 1 N–H and O–H groups in total. The molecule has 281 valence electrons. The quantitative estimate of drug-likeness (QED) is 0.123. The van der Waals surface area contributed by atoms with E-state index in [4.69, 9.17) is 21.3 Å². The van der Waals surface area contributed by atoms with Crippen molar-refractivity contribution in [3.63, 3.8) is 0 Å². The molecule has 2 aromatic carbocycles. The summed E-state index contributed by atoms with van der Waals surface area (Å²) in [5.41, 5.74) is 2.94. The van der Waals surface area contributed by atoms with Crippen molar-refractivity contribution in [2.75, 3.05) is 25.5 Å². The summed E-state index contributed by atoms with van der Waals surface area (Å²) < 4.78 is 49.7. The third-order valence-corrected chi connectivity index (χ3v) is 10.8. The number of carbonyl (C=O) groups excluding carboxylic acids is 1. The van der Waals surface area contributed by atoms with Crippen LogP contribution in [0.5, 0.6) is 5.88 Å². The normalized spacial score (nSPS) is 16.0. The Kier molecular flexibility index (Phi) is 11.1. The first-order chi connectivity index (χ1) is 25.3. The molecule has 7 rings (SSSR count). The largest absolute Gasteiger partial charge is 2.00 e. The van der Waals surface area contributed by atoms with Crippen molar-refractivity contribution < 1.29 is 39.8 Å². The van der Waals surface area contributed by atoms with E-state index in [1.165, 1.54) is 20.0 Å². The van der Waals surface area contributed by atoms with Crippen LogP contribution in [0, 0.1) is 12.8 Å². The first kappa shape index (κ1) is 39.2. The fourth-order valence-corrected chi connectivity index (χ4v) is 7.96. The number of benzene rings is 2. The number of aromatic nitrogens is 4. The van der Waals surface area contributed by atoms with Crippen molar-refractivity contribution in [1.29, 1.82) is 0 Å². The number of rotatable bonds is 9. The average Bonchev–Trinajstić information content (AvgIpc) is 3.79. The van der Waals surface area contributed by atoms with Gasteiger partial charge in [0.2, 0.25) is 5.88 Å². The van der Waals surface area contributed by atoms with E-state index in [2.05, 4.69) is 21.3 Å². The Bertz CT molecular complexity index is 2400. The molecule has 1 fully saturated rings. The zero-order valence-corrected chi connectivity index (χ0v) is 31.8. The fraction of sp³-hybridized carbons (Fsp3) is 0.333. The third kappa shape index (κ3) is 6.96. The summed E-state index contributed by atoms with van der Waals surface area (Å²) in [5.74, 6) is 1.57. The number of likely N-dealkylation sites (tertiary alicyclic amines) is 1. The summed E-state index contributed by atoms with van der Waals surface area (Å²) in [6, 6.07) is 13.8. The summed E-state index contributed by atoms with van der Waals surface area (Å²) >= 11 is 7.16. The van der Waals surface area contributed by atoms with Crippen molar-refractivity contribution in [3.05, 3.63) is 103 Å². The molecule has 2 aliphatic rings. The first-order valence-corrected chi connectivity index (χ1v) is 17.5. The first-order valence-electron chi connectivity index (χ1n) is 17.2. The molecule has 10 nitrogen and oxygen atoms in total. The molecule has 0 saturated carbocycles. The predicted octanol–water partition coefficient (Wildman–Crippen LogP) is 7.25. The molecule has 54 heavy (non-hydrogen) atoms. The van der Waals surface area contributed by atoms with Crippen molar-refractivity contribution in [2.45, 2.75) is 51.2 Å². The number of alkyl halides is 3. The molecular weight excluding hydrogens is 764 g/mol. The maximum atomic E-state index is 14.0. The van der Waals surface area contributed by atoms with Gasteiger partial charge in [0.25, 0.3) is 5.56 Å². The molecule has 1 radical (unpaired) electrons. The van der Waals surface area contributed by atoms with E-state index in [0.29, 0.717) is 57.0 Å². The van der Waals surface area contributed by atoms with Gasteiger partial charge in [0.15, 0.2) is 0 Å². The minimum absolute atomic E-state index is 0. The Hall–Kier alpha value is -4.49. The summed E-state index contributed by atoms with van der Waals surface area (Å²) in [5, 5.41) is 3.23. The molecule has 1 atom stereocenters. The number of hydrogen-bond donors (Lipinski definition) is 1. The number of nitrogens with zero attached hydrogens (tertiary/aromatic N) is 5. The van der Waals surface area contributed by atoms with Gasteiger partial charge in [0.1, 0.15) is 16.9 Å². The predicted molar refractivity (Wildman–Crippen MR) is 197 cm³/mol. The van der Waals surface area contributed by atoms with Gasteiger partial charge in [0.05, 0.1) is 23.3 Å². The molecule has 3 aromatic heterocycles. The summed E-state index contributed by atoms with van der Waals surface area (Å²) in [7, 11) is 4.18. The van der Waals surface area contributed by atoms with Crippen molar-refractivity contribution in [2.24, 2.45) is 14.1 Å². The van der Waals surface area contributed by atoms with Gasteiger partial charge < -0.3 is 25.7 Å². The van der Waals surface area contributed by atoms with E-state index >= 15 is 0 Å². The van der Waals surface area contributed by atoms with Crippen LogP contribution in [-0.2, 0) is 48.6 Å². The van der Waals surface area contributed by atoms with Gasteiger partial charge in [-0.05, 0) is 61.2 Å². The summed E-state index contributed by atoms with van der Waals surface area (Å²) in [6.07, 6.45) is 1.09. The number of nitrogens with one attached hydrogen (secondary N) is 1. The van der Waals surface area contributed by atoms with Gasteiger partial charge in [-0.25, -0.2) is 21.2 Å². The SMILES string of the molecule is COc1nc(-c2cccc(-c3cccc(Nc4nc(C(F)(F)F)cc5c4c(=O)n(C)c(=O)n5C)c3C)c2Cl)cc2c1[C@@H](N1CC[C-](CC[C-]=O)C1)CC2.[Mn+2]. The number of fused-ring (bicyclic) bond motifs is 2. The van der Waals surface area contributed by atoms with Gasteiger partial charge in [-0.3, -0.25) is 20.2 Å². The molecule has 0 spiro atoms. The minimum atomic E-state index is -4.84. The molecule has 0 unspecified atom stereocenters. The van der Waals surface area contributed by atoms with Crippen LogP contribution >= 0.6 is 11.6 Å². The number of hydrogen-bond acceptors (Lipinski definition) is 8. The molecule has 1 aliphatic carbocycles. The van der Waals surface area contributed by atoms with E-state index in [1.807, 2.05) is 30.6 Å². The molecule has 1 saturated heterocycles. The Labute approximate surface area is 324 Å². The molecule has 0 amide bonds. The van der Waals surface area contributed by atoms with Crippen LogP contribution in [0.4, 0.5) is 24.7 Å². The molecule has 15 heteroatoms. The Morgan fingerprint density at radius 3 is 2.50 bits per heavy atom. The maximum Gasteiger partial charge on any atom is 2.00 e. The average molecular weight is 800 g/mol. The summed E-state index contributed by atoms with van der Waals surface area (Å²) in [6.45, 7) is 3.55. The van der Waals surface area contributed by atoms with Crippen LogP contribution in [0.3, 0.4) is 0 Å². The second-order valence-electron chi connectivity index (χ2n) is 13.5. The van der Waals surface area contributed by atoms with Gasteiger partial charge in [-0.15, -0.1) is 6.54 Å². The zero-order chi connectivity index (χ0) is 37.8. The number of anilines is 2. The van der Waals surface area contributed by atoms with Gasteiger partial charge in [-0.1, -0.05) is 41.9 Å². The number of methoxy groups -OCH3 is 1. The topological polar surface area (TPSA) is 111 Å². The number of ether oxygens (including phenoxy) is 1. The molecule has 0 bridgehead atoms. The molecule has 5 aromatic rings. The minimum Gasteiger partial charge on any atom is -0.542 e. The van der Waals surface area contributed by atoms with Crippen LogP contribution < -0.4 is 21.3 Å². The smallest absolute Gasteiger partial charge is 0.542 e. The van der Waals surface area contributed by atoms with E-state index in [-0.39, 0.29) is 39.8 Å². The number of halogens is 4. The van der Waals surface area contributed by atoms with E-state index in [9.17, 15) is 27.6 Å². The number of pyridine rings is 2. The van der Waals surface area contributed by atoms with Crippen LogP contribution in [0.15, 0.2) is 58.1 Å². The maximum absolute atomic E-state index is 14.0. The van der Waals surface area contributed by atoms with Gasteiger partial charge >= 0.3 is 28.9 Å². The van der Waals surface area contributed by atoms with E-state index in [1.54, 1.807) is 26.2 Å². The Morgan fingerprint density at radius 1 is 1.06 bits per heavy atom. The molecular formula is C39H36ClF3MnN6O4. The fourth-order valence-electron chi connectivity index (χ4n) is 7.64. The third-order valence-electron chi connectivity index (χ3n) is 10.4. The molecule has 4 heterocycles. The Morgan fingerprint density at radius 2 is 1.78 bits per heavy atom. The Balaban J connectivity index is 0.00000497. The molecule has 1 aliphatic heterocycles. The van der Waals surface area contributed by atoms with Crippen LogP contribution in [0.25, 0.3) is 33.3 Å². The number of aryl methyl sites for hydroxylation is 2. The van der Waals surface area contributed by atoms with Crippen LogP contribution in [0.2, 0.25) is 5.02 Å². The van der Waals surface area contributed by atoms with Crippen molar-refractivity contribution >= 4 is 40.3 Å². The zero-order valence-electron chi connectivity index (χ0n) is 29.9. The van der Waals surface area contributed by atoms with E-state index in [0.717, 1.165) is 59.0 Å². The second kappa shape index (κ2) is 15.3. The van der Waals surface area contributed by atoms with Crippen molar-refractivity contribution in [1.82, 2.24) is 24.0 Å². The monoisotopic (exact) mass is 799 g/mol. The standard InChI is InChI=1S/C39H36ClF3N6O4.Mn/c1-21-24(9-6-12-27(21)44-35-33-30(19-31(46-35)39(41,42)43)47(2)38(52)48(3)37(33)51)25-10-5-11-26(34(25)40)28-18-23-13-14-29(32(23)36(45-28)53-4)49-16-15-22(20-49)8-7-17-50;/h5-6,9-12,18-19,29H,7-8,13-16,20H2,1-4H3,(H,44,46);/q-2;+2/t29-;/m0./s1. The van der Waals surface area contributed by atoms with Crippen LogP contribution in [-0.4, -0.2) is 50.5 Å². The van der Waals surface area contributed by atoms with E-state index < -0.39 is 23.1 Å². The van der Waals surface area contributed by atoms with Crippen molar-refractivity contribution in [3.8, 4) is 28.3 Å². The second-order valence-corrected chi connectivity index (χ2v) is 13.9.